The van der Waals surface area contributed by atoms with E-state index in [0.29, 0.717) is 23.8 Å². The molecule has 4 rings (SSSR count). The van der Waals surface area contributed by atoms with Crippen LogP contribution in [0.2, 0.25) is 0 Å². The first-order valence-electron chi connectivity index (χ1n) is 10.2. The van der Waals surface area contributed by atoms with E-state index in [1.54, 1.807) is 0 Å². The predicted molar refractivity (Wildman–Crippen MR) is 128 cm³/mol. The van der Waals surface area contributed by atoms with Crippen molar-refractivity contribution >= 4 is 36.4 Å². The fraction of sp³-hybridized carbons (Fsp3) is 0.391. The third-order valence-electron chi connectivity index (χ3n) is 5.44. The SMILES string of the molecule is CNCC1CCCN(C(=O)c2ccccc2OCc2cn3cc(C)ccc3n2)C1.Cl.Cl. The minimum absolute atomic E-state index is 0. The Labute approximate surface area is 195 Å². The minimum atomic E-state index is 0. The third kappa shape index (κ3) is 5.91. The van der Waals surface area contributed by atoms with Crippen LogP contribution in [0.4, 0.5) is 0 Å². The molecule has 6 nitrogen and oxygen atoms in total. The molecule has 1 aliphatic rings. The Balaban J connectivity index is 0.00000171. The Morgan fingerprint density at radius 2 is 2.00 bits per heavy atom. The normalized spacial score (nSPS) is 15.8. The van der Waals surface area contributed by atoms with Gasteiger partial charge in [-0.3, -0.25) is 4.79 Å². The van der Waals surface area contributed by atoms with Gasteiger partial charge in [-0.25, -0.2) is 4.98 Å². The molecule has 1 aliphatic heterocycles. The Kier molecular flexibility index (Phi) is 9.16. The highest BCUT2D eigenvalue weighted by molar-refractivity contribution is 5.97. The van der Waals surface area contributed by atoms with Crippen LogP contribution in [0.3, 0.4) is 0 Å². The Morgan fingerprint density at radius 3 is 2.81 bits per heavy atom. The molecule has 1 aromatic carbocycles. The molecule has 0 radical (unpaired) electrons. The lowest BCUT2D eigenvalue weighted by molar-refractivity contribution is 0.0669. The van der Waals surface area contributed by atoms with E-state index in [1.807, 2.05) is 65.1 Å². The van der Waals surface area contributed by atoms with E-state index in [0.717, 1.165) is 43.8 Å². The average molecular weight is 465 g/mol. The number of ether oxygens (including phenoxy) is 1. The van der Waals surface area contributed by atoms with Crippen molar-refractivity contribution in [3.05, 3.63) is 65.6 Å². The molecular formula is C23H30Cl2N4O2. The van der Waals surface area contributed by atoms with Gasteiger partial charge in [0.1, 0.15) is 18.0 Å². The summed E-state index contributed by atoms with van der Waals surface area (Å²) in [7, 11) is 1.96. The minimum Gasteiger partial charge on any atom is -0.486 e. The number of nitrogens with zero attached hydrogens (tertiary/aromatic N) is 3. The molecule has 0 bridgehead atoms. The Hall–Kier alpha value is -2.28. The number of piperidine rings is 1. The van der Waals surface area contributed by atoms with Crippen molar-refractivity contribution in [2.24, 2.45) is 5.92 Å². The number of imidazole rings is 1. The number of aromatic nitrogens is 2. The number of hydrogen-bond donors (Lipinski definition) is 1. The lowest BCUT2D eigenvalue weighted by Crippen LogP contribution is -2.42. The number of amides is 1. The zero-order valence-corrected chi connectivity index (χ0v) is 19.5. The monoisotopic (exact) mass is 464 g/mol. The molecular weight excluding hydrogens is 435 g/mol. The molecule has 1 amide bonds. The number of hydrogen-bond acceptors (Lipinski definition) is 4. The molecule has 2 aromatic heterocycles. The number of rotatable bonds is 6. The van der Waals surface area contributed by atoms with Crippen molar-refractivity contribution < 1.29 is 9.53 Å². The fourth-order valence-electron chi connectivity index (χ4n) is 4.02. The maximum absolute atomic E-state index is 13.2. The van der Waals surface area contributed by atoms with Crippen molar-refractivity contribution in [2.75, 3.05) is 26.7 Å². The summed E-state index contributed by atoms with van der Waals surface area (Å²) in [4.78, 5) is 19.7. The number of benzene rings is 1. The van der Waals surface area contributed by atoms with Crippen LogP contribution in [0.1, 0.15) is 34.5 Å². The number of nitrogens with one attached hydrogen (secondary N) is 1. The fourth-order valence-corrected chi connectivity index (χ4v) is 4.02. The smallest absolute Gasteiger partial charge is 0.257 e. The molecule has 0 spiro atoms. The van der Waals surface area contributed by atoms with Gasteiger partial charge in [0, 0.05) is 25.5 Å². The predicted octanol–water partition coefficient (Wildman–Crippen LogP) is 4.14. The number of carbonyl (C=O) groups is 1. The van der Waals surface area contributed by atoms with Crippen LogP contribution in [0, 0.1) is 12.8 Å². The number of likely N-dealkylation sites (tertiary alicyclic amines) is 1. The first kappa shape index (κ1) is 25.0. The van der Waals surface area contributed by atoms with E-state index in [-0.39, 0.29) is 30.7 Å². The van der Waals surface area contributed by atoms with Gasteiger partial charge in [0.2, 0.25) is 0 Å². The zero-order chi connectivity index (χ0) is 20.2. The van der Waals surface area contributed by atoms with Gasteiger partial charge in [0.15, 0.2) is 0 Å². The third-order valence-corrected chi connectivity index (χ3v) is 5.44. The van der Waals surface area contributed by atoms with Crippen LogP contribution < -0.4 is 10.1 Å². The van der Waals surface area contributed by atoms with E-state index in [1.165, 1.54) is 5.56 Å². The molecule has 8 heteroatoms. The van der Waals surface area contributed by atoms with Crippen LogP contribution in [-0.4, -0.2) is 46.9 Å². The van der Waals surface area contributed by atoms with E-state index in [2.05, 4.69) is 17.2 Å². The van der Waals surface area contributed by atoms with Crippen LogP contribution in [0.5, 0.6) is 5.75 Å². The summed E-state index contributed by atoms with van der Waals surface area (Å²) in [5.41, 5.74) is 3.53. The lowest BCUT2D eigenvalue weighted by Gasteiger charge is -2.33. The number of halogens is 2. The highest BCUT2D eigenvalue weighted by Gasteiger charge is 2.25. The van der Waals surface area contributed by atoms with Gasteiger partial charge in [-0.05, 0) is 63.0 Å². The first-order valence-corrected chi connectivity index (χ1v) is 10.2. The molecule has 31 heavy (non-hydrogen) atoms. The van der Waals surface area contributed by atoms with Crippen molar-refractivity contribution in [1.82, 2.24) is 19.6 Å². The van der Waals surface area contributed by atoms with E-state index in [4.69, 9.17) is 4.74 Å². The molecule has 1 saturated heterocycles. The second kappa shape index (κ2) is 11.4. The summed E-state index contributed by atoms with van der Waals surface area (Å²) in [6, 6.07) is 11.5. The van der Waals surface area contributed by atoms with Crippen LogP contribution in [-0.2, 0) is 6.61 Å². The summed E-state index contributed by atoms with van der Waals surface area (Å²) >= 11 is 0. The number of aryl methyl sites for hydroxylation is 1. The molecule has 0 aliphatic carbocycles. The molecule has 1 unspecified atom stereocenters. The standard InChI is InChI=1S/C23H28N4O2.2ClH/c1-17-9-10-22-25-19(15-27(22)13-17)16-29-21-8-4-3-7-20(21)23(28)26-11-5-6-18(14-26)12-24-2;;/h3-4,7-10,13,15,18,24H,5-6,11-12,14,16H2,1-2H3;2*1H. The quantitative estimate of drug-likeness (QED) is 0.595. The molecule has 1 N–H and O–H groups in total. The number of carbonyl (C=O) groups excluding carboxylic acids is 1. The molecule has 3 heterocycles. The average Bonchev–Trinajstić information content (AvgIpc) is 3.14. The van der Waals surface area contributed by atoms with Crippen molar-refractivity contribution in [3.8, 4) is 5.75 Å². The van der Waals surface area contributed by atoms with Gasteiger partial charge in [-0.2, -0.15) is 0 Å². The maximum atomic E-state index is 13.2. The number of pyridine rings is 1. The molecule has 3 aromatic rings. The van der Waals surface area contributed by atoms with E-state index < -0.39 is 0 Å². The topological polar surface area (TPSA) is 58.9 Å². The molecule has 0 saturated carbocycles. The summed E-state index contributed by atoms with van der Waals surface area (Å²) in [6.45, 7) is 4.92. The number of para-hydroxylation sites is 1. The second-order valence-corrected chi connectivity index (χ2v) is 7.81. The highest BCUT2D eigenvalue weighted by atomic mass is 35.5. The van der Waals surface area contributed by atoms with E-state index >= 15 is 0 Å². The lowest BCUT2D eigenvalue weighted by atomic mass is 9.97. The maximum Gasteiger partial charge on any atom is 0.257 e. The van der Waals surface area contributed by atoms with Crippen molar-refractivity contribution in [1.29, 1.82) is 0 Å². The van der Waals surface area contributed by atoms with Crippen molar-refractivity contribution in [2.45, 2.75) is 26.4 Å². The van der Waals surface area contributed by atoms with Gasteiger partial charge in [-0.15, -0.1) is 24.8 Å². The van der Waals surface area contributed by atoms with Gasteiger partial charge >= 0.3 is 0 Å². The first-order chi connectivity index (χ1) is 14.1. The Bertz CT molecular complexity index is 1010. The van der Waals surface area contributed by atoms with Gasteiger partial charge in [-0.1, -0.05) is 18.2 Å². The van der Waals surface area contributed by atoms with Gasteiger partial charge < -0.3 is 19.4 Å². The largest absolute Gasteiger partial charge is 0.486 e. The van der Waals surface area contributed by atoms with Crippen LogP contribution >= 0.6 is 24.8 Å². The molecule has 168 valence electrons. The van der Waals surface area contributed by atoms with Crippen molar-refractivity contribution in [3.63, 3.8) is 0 Å². The Morgan fingerprint density at radius 1 is 1.19 bits per heavy atom. The summed E-state index contributed by atoms with van der Waals surface area (Å²) in [5.74, 6) is 1.17. The molecule has 1 atom stereocenters. The summed E-state index contributed by atoms with van der Waals surface area (Å²) in [5, 5.41) is 3.23. The zero-order valence-electron chi connectivity index (χ0n) is 17.9. The van der Waals surface area contributed by atoms with Crippen LogP contribution in [0.15, 0.2) is 48.8 Å². The summed E-state index contributed by atoms with van der Waals surface area (Å²) < 4.78 is 8.03. The van der Waals surface area contributed by atoms with Crippen LogP contribution in [0.25, 0.3) is 5.65 Å². The summed E-state index contributed by atoms with van der Waals surface area (Å²) in [6.07, 6.45) is 6.22. The second-order valence-electron chi connectivity index (χ2n) is 7.81. The molecule has 1 fully saturated rings. The number of fused-ring (bicyclic) bond motifs is 1. The van der Waals surface area contributed by atoms with Gasteiger partial charge in [0.05, 0.1) is 11.3 Å². The van der Waals surface area contributed by atoms with Gasteiger partial charge in [0.25, 0.3) is 5.91 Å². The van der Waals surface area contributed by atoms with E-state index in [9.17, 15) is 4.79 Å². The highest BCUT2D eigenvalue weighted by Crippen LogP contribution is 2.24.